The standard InChI is InChI=1S/C10H11F5O2/c1-2-3-4-5-6-7(16)17-8(9(11)12)10(13,14)15/h2H,1,3-6H2. The van der Waals surface area contributed by atoms with Crippen LogP contribution in [0.25, 0.3) is 0 Å². The highest BCUT2D eigenvalue weighted by Gasteiger charge is 2.41. The molecule has 0 unspecified atom stereocenters. The fraction of sp³-hybridized carbons (Fsp3) is 0.500. The number of esters is 1. The van der Waals surface area contributed by atoms with E-state index in [4.69, 9.17) is 0 Å². The molecule has 0 fully saturated rings. The third-order valence-electron chi connectivity index (χ3n) is 1.68. The zero-order valence-electron chi connectivity index (χ0n) is 8.82. The smallest absolute Gasteiger partial charge is 0.415 e. The van der Waals surface area contributed by atoms with Gasteiger partial charge in [-0.15, -0.1) is 6.58 Å². The van der Waals surface area contributed by atoms with Gasteiger partial charge in [0.25, 0.3) is 5.76 Å². The van der Waals surface area contributed by atoms with Crippen LogP contribution in [0.15, 0.2) is 24.5 Å². The predicted molar refractivity (Wildman–Crippen MR) is 50.1 cm³/mol. The summed E-state index contributed by atoms with van der Waals surface area (Å²) in [4.78, 5) is 10.9. The van der Waals surface area contributed by atoms with Gasteiger partial charge in [-0.2, -0.15) is 22.0 Å². The number of hydrogen-bond donors (Lipinski definition) is 0. The molecule has 0 aromatic carbocycles. The quantitative estimate of drug-likeness (QED) is 0.237. The Morgan fingerprint density at radius 1 is 1.24 bits per heavy atom. The summed E-state index contributed by atoms with van der Waals surface area (Å²) < 4.78 is 63.2. The lowest BCUT2D eigenvalue weighted by Gasteiger charge is -2.10. The molecule has 98 valence electrons. The van der Waals surface area contributed by atoms with Gasteiger partial charge in [0.2, 0.25) is 0 Å². The van der Waals surface area contributed by atoms with Crippen molar-refractivity contribution < 1.29 is 31.5 Å². The Balaban J connectivity index is 4.26. The second kappa shape index (κ2) is 7.03. The maximum Gasteiger partial charge on any atom is 0.455 e. The molecule has 17 heavy (non-hydrogen) atoms. The maximum absolute atomic E-state index is 11.9. The summed E-state index contributed by atoms with van der Waals surface area (Å²) >= 11 is 0. The second-order valence-electron chi connectivity index (χ2n) is 3.10. The second-order valence-corrected chi connectivity index (χ2v) is 3.10. The SMILES string of the molecule is C=CCCCCC(=O)OC(=C(F)F)C(F)(F)F. The monoisotopic (exact) mass is 258 g/mol. The summed E-state index contributed by atoms with van der Waals surface area (Å²) in [6.07, 6.45) is -5.82. The van der Waals surface area contributed by atoms with Crippen molar-refractivity contribution in [1.29, 1.82) is 0 Å². The number of ether oxygens (including phenoxy) is 1. The van der Waals surface area contributed by atoms with Crippen molar-refractivity contribution in [3.05, 3.63) is 24.5 Å². The van der Waals surface area contributed by atoms with Crippen molar-refractivity contribution in [2.75, 3.05) is 0 Å². The molecular formula is C10H11F5O2. The van der Waals surface area contributed by atoms with Crippen LogP contribution >= 0.6 is 0 Å². The fourth-order valence-corrected chi connectivity index (χ4v) is 0.926. The Bertz CT molecular complexity index is 302. The Labute approximate surface area is 94.7 Å². The van der Waals surface area contributed by atoms with Gasteiger partial charge in [-0.1, -0.05) is 6.08 Å². The van der Waals surface area contributed by atoms with Crippen molar-refractivity contribution >= 4 is 5.97 Å². The normalized spacial score (nSPS) is 10.9. The molecule has 0 saturated carbocycles. The van der Waals surface area contributed by atoms with Gasteiger partial charge < -0.3 is 4.74 Å². The van der Waals surface area contributed by atoms with E-state index in [9.17, 15) is 26.7 Å². The van der Waals surface area contributed by atoms with Gasteiger partial charge in [0.05, 0.1) is 0 Å². The molecule has 0 heterocycles. The van der Waals surface area contributed by atoms with Crippen LogP contribution in [0, 0.1) is 0 Å². The number of unbranched alkanes of at least 4 members (excludes halogenated alkanes) is 2. The highest BCUT2D eigenvalue weighted by atomic mass is 19.4. The molecule has 7 heteroatoms. The first-order chi connectivity index (χ1) is 7.79. The highest BCUT2D eigenvalue weighted by molar-refractivity contribution is 5.70. The summed E-state index contributed by atoms with van der Waals surface area (Å²) in [5.41, 5.74) is 0. The van der Waals surface area contributed by atoms with Crippen LogP contribution in [-0.4, -0.2) is 12.1 Å². The minimum atomic E-state index is -5.37. The number of alkyl halides is 3. The lowest BCUT2D eigenvalue weighted by atomic mass is 10.2. The topological polar surface area (TPSA) is 26.3 Å². The van der Waals surface area contributed by atoms with E-state index < -0.39 is 24.0 Å². The highest BCUT2D eigenvalue weighted by Crippen LogP contribution is 2.30. The number of hydrogen-bond acceptors (Lipinski definition) is 2. The molecule has 0 atom stereocenters. The molecule has 0 amide bonds. The van der Waals surface area contributed by atoms with E-state index in [2.05, 4.69) is 11.3 Å². The number of halogens is 5. The Morgan fingerprint density at radius 2 is 1.82 bits per heavy atom. The van der Waals surface area contributed by atoms with Crippen LogP contribution in [0.1, 0.15) is 25.7 Å². The van der Waals surface area contributed by atoms with E-state index >= 15 is 0 Å². The molecule has 0 aliphatic carbocycles. The van der Waals surface area contributed by atoms with Crippen LogP contribution in [0.2, 0.25) is 0 Å². The summed E-state index contributed by atoms with van der Waals surface area (Å²) in [7, 11) is 0. The fourth-order valence-electron chi connectivity index (χ4n) is 0.926. The van der Waals surface area contributed by atoms with Gasteiger partial charge in [0.15, 0.2) is 0 Å². The number of rotatable bonds is 6. The van der Waals surface area contributed by atoms with E-state index in [0.29, 0.717) is 12.8 Å². The molecule has 0 aliphatic heterocycles. The van der Waals surface area contributed by atoms with E-state index in [1.807, 2.05) is 0 Å². The largest absolute Gasteiger partial charge is 0.455 e. The lowest BCUT2D eigenvalue weighted by molar-refractivity contribution is -0.163. The van der Waals surface area contributed by atoms with E-state index in [0.717, 1.165) is 0 Å². The van der Waals surface area contributed by atoms with Gasteiger partial charge in [-0.05, 0) is 19.3 Å². The molecule has 2 nitrogen and oxygen atoms in total. The number of carbonyl (C=O) groups excluding carboxylic acids is 1. The molecule has 0 saturated heterocycles. The van der Waals surface area contributed by atoms with Crippen molar-refractivity contribution in [3.63, 3.8) is 0 Å². The van der Waals surface area contributed by atoms with Crippen molar-refractivity contribution in [2.45, 2.75) is 31.9 Å². The van der Waals surface area contributed by atoms with Gasteiger partial charge in [-0.25, -0.2) is 0 Å². The number of carbonyl (C=O) groups is 1. The molecule has 0 N–H and O–H groups in total. The first-order valence-corrected chi connectivity index (χ1v) is 4.73. The lowest BCUT2D eigenvalue weighted by Crippen LogP contribution is -2.19. The van der Waals surface area contributed by atoms with E-state index in [1.54, 1.807) is 6.08 Å². The van der Waals surface area contributed by atoms with Crippen LogP contribution in [0.3, 0.4) is 0 Å². The Hall–Kier alpha value is -1.40. The van der Waals surface area contributed by atoms with Crippen LogP contribution in [0.4, 0.5) is 22.0 Å². The number of allylic oxidation sites excluding steroid dienone is 2. The zero-order valence-corrected chi connectivity index (χ0v) is 8.82. The zero-order chi connectivity index (χ0) is 13.5. The summed E-state index contributed by atoms with van der Waals surface area (Å²) in [5.74, 6) is -3.86. The van der Waals surface area contributed by atoms with Gasteiger partial charge in [0, 0.05) is 6.42 Å². The van der Waals surface area contributed by atoms with Crippen molar-refractivity contribution in [3.8, 4) is 0 Å². The average molecular weight is 258 g/mol. The molecule has 0 rings (SSSR count). The van der Waals surface area contributed by atoms with Gasteiger partial charge in [-0.3, -0.25) is 4.79 Å². The summed E-state index contributed by atoms with van der Waals surface area (Å²) in [6, 6.07) is 0. The summed E-state index contributed by atoms with van der Waals surface area (Å²) in [5, 5.41) is 0. The van der Waals surface area contributed by atoms with Gasteiger partial charge >= 0.3 is 18.2 Å². The van der Waals surface area contributed by atoms with Crippen molar-refractivity contribution in [2.24, 2.45) is 0 Å². The maximum atomic E-state index is 11.9. The summed E-state index contributed by atoms with van der Waals surface area (Å²) in [6.45, 7) is 3.41. The first kappa shape index (κ1) is 15.6. The van der Waals surface area contributed by atoms with Crippen LogP contribution in [-0.2, 0) is 9.53 Å². The minimum absolute atomic E-state index is 0.254. The Morgan fingerprint density at radius 3 is 2.24 bits per heavy atom. The van der Waals surface area contributed by atoms with E-state index in [-0.39, 0.29) is 12.8 Å². The van der Waals surface area contributed by atoms with E-state index in [1.165, 1.54) is 0 Å². The van der Waals surface area contributed by atoms with Crippen LogP contribution in [0.5, 0.6) is 0 Å². The molecule has 0 spiro atoms. The Kier molecular flexibility index (Phi) is 6.45. The third kappa shape index (κ3) is 6.70. The molecule has 0 aromatic rings. The molecule has 0 bridgehead atoms. The molecule has 0 aromatic heterocycles. The average Bonchev–Trinajstić information content (AvgIpc) is 2.19. The molecule has 0 aliphatic rings. The molecular weight excluding hydrogens is 247 g/mol. The third-order valence-corrected chi connectivity index (χ3v) is 1.68. The van der Waals surface area contributed by atoms with Gasteiger partial charge in [0.1, 0.15) is 0 Å². The first-order valence-electron chi connectivity index (χ1n) is 4.73. The van der Waals surface area contributed by atoms with Crippen molar-refractivity contribution in [1.82, 2.24) is 0 Å². The predicted octanol–water partition coefficient (Wildman–Crippen LogP) is 3.95. The minimum Gasteiger partial charge on any atom is -0.415 e. The van der Waals surface area contributed by atoms with Crippen LogP contribution < -0.4 is 0 Å². The molecule has 0 radical (unpaired) electrons.